The molecule has 0 aliphatic heterocycles. The number of thiophene rings is 1. The van der Waals surface area contributed by atoms with Gasteiger partial charge in [-0.25, -0.2) is 4.98 Å². The Labute approximate surface area is 201 Å². The predicted octanol–water partition coefficient (Wildman–Crippen LogP) is 7.79. The van der Waals surface area contributed by atoms with Crippen molar-refractivity contribution >= 4 is 43.8 Å². The molecule has 2 heterocycles. The van der Waals surface area contributed by atoms with Crippen molar-refractivity contribution in [1.29, 1.82) is 0 Å². The van der Waals surface area contributed by atoms with Crippen molar-refractivity contribution in [2.45, 2.75) is 27.2 Å². The first-order chi connectivity index (χ1) is 16.0. The summed E-state index contributed by atoms with van der Waals surface area (Å²) in [6, 6.07) is 23.1. The van der Waals surface area contributed by atoms with Crippen molar-refractivity contribution in [3.05, 3.63) is 105 Å². The van der Waals surface area contributed by atoms with Gasteiger partial charge in [0.05, 0.1) is 10.6 Å². The van der Waals surface area contributed by atoms with Gasteiger partial charge in [0, 0.05) is 15.6 Å². The molecule has 5 aromatic rings. The van der Waals surface area contributed by atoms with Crippen LogP contribution in [-0.4, -0.2) is 10.9 Å². The van der Waals surface area contributed by atoms with Crippen LogP contribution in [0.2, 0.25) is 0 Å². The molecule has 0 aliphatic rings. The summed E-state index contributed by atoms with van der Waals surface area (Å²) in [5.41, 5.74) is 7.94. The minimum absolute atomic E-state index is 0.0979. The second kappa shape index (κ2) is 8.93. The molecule has 0 aliphatic carbocycles. The van der Waals surface area contributed by atoms with Gasteiger partial charge in [0.1, 0.15) is 0 Å². The number of benzene rings is 3. The van der Waals surface area contributed by atoms with E-state index >= 15 is 0 Å². The van der Waals surface area contributed by atoms with Crippen LogP contribution >= 0.6 is 22.7 Å². The van der Waals surface area contributed by atoms with Crippen molar-refractivity contribution in [2.24, 2.45) is 0 Å². The zero-order valence-electron chi connectivity index (χ0n) is 18.8. The van der Waals surface area contributed by atoms with Crippen LogP contribution in [0.25, 0.3) is 21.3 Å². The van der Waals surface area contributed by atoms with Crippen molar-refractivity contribution in [2.75, 3.05) is 5.32 Å². The highest BCUT2D eigenvalue weighted by Crippen LogP contribution is 2.34. The molecule has 33 heavy (non-hydrogen) atoms. The monoisotopic (exact) mass is 468 g/mol. The van der Waals surface area contributed by atoms with Gasteiger partial charge in [0.2, 0.25) is 0 Å². The quantitative estimate of drug-likeness (QED) is 0.286. The molecule has 0 saturated heterocycles. The number of aromatic nitrogens is 1. The smallest absolute Gasteiger partial charge is 0.267 e. The molecule has 2 aromatic heterocycles. The molecule has 5 rings (SSSR count). The lowest BCUT2D eigenvalue weighted by Crippen LogP contribution is -2.12. The number of anilines is 1. The largest absolute Gasteiger partial charge is 0.297 e. The summed E-state index contributed by atoms with van der Waals surface area (Å²) >= 11 is 3.00. The maximum Gasteiger partial charge on any atom is 0.267 e. The second-order valence-corrected chi connectivity index (χ2v) is 10.3. The minimum atomic E-state index is -0.0979. The van der Waals surface area contributed by atoms with Crippen LogP contribution in [0, 0.1) is 20.8 Å². The van der Waals surface area contributed by atoms with E-state index in [1.165, 1.54) is 33.6 Å². The number of nitrogens with zero attached hydrogens (tertiary/aromatic N) is 1. The number of amides is 1. The third-order valence-corrected chi connectivity index (χ3v) is 7.90. The minimum Gasteiger partial charge on any atom is -0.297 e. The van der Waals surface area contributed by atoms with Gasteiger partial charge in [-0.2, -0.15) is 0 Å². The Kier molecular flexibility index (Phi) is 5.83. The average molecular weight is 469 g/mol. The normalized spacial score (nSPS) is 11.1. The van der Waals surface area contributed by atoms with Gasteiger partial charge in [-0.1, -0.05) is 60.2 Å². The molecule has 1 amide bonds. The summed E-state index contributed by atoms with van der Waals surface area (Å²) in [5.74, 6) is -0.0979. The second-order valence-electron chi connectivity index (χ2n) is 8.36. The maximum atomic E-state index is 13.4. The summed E-state index contributed by atoms with van der Waals surface area (Å²) in [6.07, 6.45) is 0.721. The fourth-order valence-electron chi connectivity index (χ4n) is 3.89. The molecule has 0 radical (unpaired) electrons. The zero-order valence-corrected chi connectivity index (χ0v) is 20.4. The van der Waals surface area contributed by atoms with Crippen LogP contribution in [0.5, 0.6) is 0 Å². The van der Waals surface area contributed by atoms with E-state index in [9.17, 15) is 4.79 Å². The molecule has 0 saturated carbocycles. The highest BCUT2D eigenvalue weighted by molar-refractivity contribution is 7.21. The molecule has 1 N–H and O–H groups in total. The highest BCUT2D eigenvalue weighted by Gasteiger charge is 2.20. The Morgan fingerprint density at radius 3 is 2.52 bits per heavy atom. The van der Waals surface area contributed by atoms with Gasteiger partial charge in [-0.05, 0) is 67.0 Å². The molecule has 0 atom stereocenters. The Morgan fingerprint density at radius 1 is 0.939 bits per heavy atom. The van der Waals surface area contributed by atoms with Crippen LogP contribution in [0.4, 0.5) is 5.13 Å². The number of thiazole rings is 1. The Bertz CT molecular complexity index is 1460. The number of hydrogen-bond donors (Lipinski definition) is 1. The predicted molar refractivity (Wildman–Crippen MR) is 141 cm³/mol. The van der Waals surface area contributed by atoms with E-state index in [4.69, 9.17) is 0 Å². The van der Waals surface area contributed by atoms with Gasteiger partial charge < -0.3 is 0 Å². The Balaban J connectivity index is 1.44. The molecule has 0 spiro atoms. The standard InChI is InChI=1S/C28H24N2OS2/c1-17-8-11-20(12-9-17)15-23-22-6-4-5-7-25(22)33-26(23)27(31)30-28-29-24(16-32-28)21-13-10-18(2)19(3)14-21/h4-14,16H,15H2,1-3H3,(H,29,30,31). The van der Waals surface area contributed by atoms with Crippen molar-refractivity contribution in [1.82, 2.24) is 4.98 Å². The van der Waals surface area contributed by atoms with E-state index < -0.39 is 0 Å². The van der Waals surface area contributed by atoms with E-state index in [2.05, 4.69) is 85.7 Å². The van der Waals surface area contributed by atoms with Crippen LogP contribution in [0.15, 0.2) is 72.1 Å². The first-order valence-electron chi connectivity index (χ1n) is 10.9. The first-order valence-corrected chi connectivity index (χ1v) is 12.6. The first kappa shape index (κ1) is 21.6. The number of aryl methyl sites for hydroxylation is 3. The van der Waals surface area contributed by atoms with Gasteiger partial charge >= 0.3 is 0 Å². The number of hydrogen-bond acceptors (Lipinski definition) is 4. The summed E-state index contributed by atoms with van der Waals surface area (Å²) in [4.78, 5) is 18.8. The highest BCUT2D eigenvalue weighted by atomic mass is 32.1. The number of carbonyl (C=O) groups is 1. The van der Waals surface area contributed by atoms with Crippen LogP contribution < -0.4 is 5.32 Å². The molecule has 3 aromatic carbocycles. The molecular formula is C28H24N2OS2. The van der Waals surface area contributed by atoms with Crippen LogP contribution in [-0.2, 0) is 6.42 Å². The lowest BCUT2D eigenvalue weighted by atomic mass is 10.0. The number of nitrogens with one attached hydrogen (secondary N) is 1. The molecular weight excluding hydrogens is 444 g/mol. The lowest BCUT2D eigenvalue weighted by Gasteiger charge is -2.06. The number of fused-ring (bicyclic) bond motifs is 1. The van der Waals surface area contributed by atoms with Crippen LogP contribution in [0.3, 0.4) is 0 Å². The Morgan fingerprint density at radius 2 is 1.73 bits per heavy atom. The fraction of sp³-hybridized carbons (Fsp3) is 0.143. The number of carbonyl (C=O) groups excluding carboxylic acids is 1. The fourth-order valence-corrected chi connectivity index (χ4v) is 5.72. The third-order valence-electron chi connectivity index (χ3n) is 5.93. The van der Waals surface area contributed by atoms with Gasteiger partial charge in [0.15, 0.2) is 5.13 Å². The summed E-state index contributed by atoms with van der Waals surface area (Å²) in [5, 5.41) is 6.81. The van der Waals surface area contributed by atoms with Crippen LogP contribution in [0.1, 0.15) is 37.5 Å². The van der Waals surface area contributed by atoms with Crippen molar-refractivity contribution in [3.63, 3.8) is 0 Å². The lowest BCUT2D eigenvalue weighted by molar-refractivity contribution is 0.103. The summed E-state index contributed by atoms with van der Waals surface area (Å²) < 4.78 is 1.12. The summed E-state index contributed by atoms with van der Waals surface area (Å²) in [7, 11) is 0. The van der Waals surface area contributed by atoms with Gasteiger partial charge in [-0.3, -0.25) is 10.1 Å². The van der Waals surface area contributed by atoms with Crippen molar-refractivity contribution in [3.8, 4) is 11.3 Å². The van der Waals surface area contributed by atoms with E-state index in [-0.39, 0.29) is 5.91 Å². The summed E-state index contributed by atoms with van der Waals surface area (Å²) in [6.45, 7) is 6.29. The van der Waals surface area contributed by atoms with Gasteiger partial charge in [-0.15, -0.1) is 22.7 Å². The zero-order chi connectivity index (χ0) is 22.9. The molecule has 0 fully saturated rings. The molecule has 164 valence electrons. The maximum absolute atomic E-state index is 13.4. The Hall–Kier alpha value is -3.28. The van der Waals surface area contributed by atoms with E-state index in [1.807, 2.05) is 17.5 Å². The topological polar surface area (TPSA) is 42.0 Å². The third kappa shape index (κ3) is 4.47. The van der Waals surface area contributed by atoms with Crippen molar-refractivity contribution < 1.29 is 4.79 Å². The molecule has 0 bridgehead atoms. The molecule has 5 heteroatoms. The number of rotatable bonds is 5. The average Bonchev–Trinajstić information content (AvgIpc) is 3.42. The van der Waals surface area contributed by atoms with Gasteiger partial charge in [0.25, 0.3) is 5.91 Å². The van der Waals surface area contributed by atoms with E-state index in [0.29, 0.717) is 5.13 Å². The van der Waals surface area contributed by atoms with E-state index in [1.54, 1.807) is 11.3 Å². The molecule has 0 unspecified atom stereocenters. The SMILES string of the molecule is Cc1ccc(Cc2c(C(=O)Nc3nc(-c4ccc(C)c(C)c4)cs3)sc3ccccc23)cc1. The van der Waals surface area contributed by atoms with E-state index in [0.717, 1.165) is 38.2 Å². The molecule has 3 nitrogen and oxygen atoms in total.